The van der Waals surface area contributed by atoms with E-state index >= 15 is 0 Å². The number of pyridine rings is 1. The molecule has 2 fully saturated rings. The van der Waals surface area contributed by atoms with E-state index in [1.54, 1.807) is 21.6 Å². The number of amides is 1. The van der Waals surface area contributed by atoms with E-state index in [9.17, 15) is 9.59 Å². The first-order valence-corrected chi connectivity index (χ1v) is 12.1. The van der Waals surface area contributed by atoms with E-state index in [4.69, 9.17) is 21.9 Å². The van der Waals surface area contributed by atoms with Gasteiger partial charge in [-0.05, 0) is 51.8 Å². The third-order valence-corrected chi connectivity index (χ3v) is 7.24. The predicted molar refractivity (Wildman–Crippen MR) is 133 cm³/mol. The molecule has 32 heavy (non-hydrogen) atoms. The summed E-state index contributed by atoms with van der Waals surface area (Å²) in [4.78, 5) is 35.8. The van der Waals surface area contributed by atoms with Crippen LogP contribution in [-0.4, -0.2) is 55.9 Å². The van der Waals surface area contributed by atoms with Crippen LogP contribution >= 0.6 is 24.0 Å². The molecular formula is C23H28N4O3S2. The summed E-state index contributed by atoms with van der Waals surface area (Å²) < 4.78 is 7.96. The Bertz CT molecular complexity index is 1170. The molecule has 3 atom stereocenters. The van der Waals surface area contributed by atoms with Crippen molar-refractivity contribution in [3.63, 3.8) is 0 Å². The maximum absolute atomic E-state index is 13.6. The average Bonchev–Trinajstić information content (AvgIpc) is 3.02. The molecule has 2 aromatic rings. The van der Waals surface area contributed by atoms with Crippen LogP contribution in [0.3, 0.4) is 0 Å². The molecule has 2 saturated heterocycles. The van der Waals surface area contributed by atoms with E-state index in [2.05, 4.69) is 4.90 Å². The molecule has 0 N–H and O–H groups in total. The molecule has 0 radical (unpaired) electrons. The monoisotopic (exact) mass is 472 g/mol. The van der Waals surface area contributed by atoms with Crippen LogP contribution in [0.2, 0.25) is 0 Å². The van der Waals surface area contributed by atoms with Crippen LogP contribution in [0.15, 0.2) is 28.0 Å². The summed E-state index contributed by atoms with van der Waals surface area (Å²) in [5.74, 6) is 0.429. The first-order valence-electron chi connectivity index (χ1n) is 10.9. The summed E-state index contributed by atoms with van der Waals surface area (Å²) in [7, 11) is 0. The first kappa shape index (κ1) is 22.9. The molecule has 0 aromatic carbocycles. The van der Waals surface area contributed by atoms with E-state index in [-0.39, 0.29) is 29.7 Å². The van der Waals surface area contributed by atoms with Gasteiger partial charge in [-0.1, -0.05) is 37.0 Å². The number of aromatic nitrogens is 2. The van der Waals surface area contributed by atoms with Crippen molar-refractivity contribution in [3.8, 4) is 0 Å². The standard InChI is InChI=1S/C23H28N4O3S2/c1-6-14(3)27-22(29)18(32-23(27)31)10-17-20(25-11-15(4)30-16(5)12-25)24-19-13(2)8-7-9-26(19)21(17)28/h7-10,14-16H,6,11-12H2,1-5H3/b18-10-/t14-,15-,16+/m1/s1. The second kappa shape index (κ2) is 8.96. The highest BCUT2D eigenvalue weighted by Gasteiger charge is 2.35. The summed E-state index contributed by atoms with van der Waals surface area (Å²) in [6.07, 6.45) is 4.20. The number of ether oxygens (including phenoxy) is 1. The van der Waals surface area contributed by atoms with Crippen LogP contribution in [0, 0.1) is 6.92 Å². The van der Waals surface area contributed by atoms with Gasteiger partial charge in [0.15, 0.2) is 0 Å². The van der Waals surface area contributed by atoms with Crippen molar-refractivity contribution in [2.24, 2.45) is 0 Å². The number of carbonyl (C=O) groups is 1. The Morgan fingerprint density at radius 1 is 1.31 bits per heavy atom. The van der Waals surface area contributed by atoms with E-state index in [0.717, 1.165) is 12.0 Å². The number of hydrogen-bond donors (Lipinski definition) is 0. The lowest BCUT2D eigenvalue weighted by Gasteiger charge is -2.36. The fourth-order valence-corrected chi connectivity index (χ4v) is 5.64. The molecule has 0 bridgehead atoms. The second-order valence-electron chi connectivity index (χ2n) is 8.51. The number of rotatable bonds is 4. The average molecular weight is 473 g/mol. The van der Waals surface area contributed by atoms with Crippen LogP contribution < -0.4 is 10.5 Å². The molecule has 4 rings (SSSR count). The quantitative estimate of drug-likeness (QED) is 0.497. The highest BCUT2D eigenvalue weighted by Crippen LogP contribution is 2.35. The second-order valence-corrected chi connectivity index (χ2v) is 10.2. The first-order chi connectivity index (χ1) is 15.2. The summed E-state index contributed by atoms with van der Waals surface area (Å²) in [6.45, 7) is 11.2. The third kappa shape index (κ3) is 4.09. The van der Waals surface area contributed by atoms with Gasteiger partial charge in [0.2, 0.25) is 0 Å². The van der Waals surface area contributed by atoms with Crippen molar-refractivity contribution in [1.82, 2.24) is 14.3 Å². The highest BCUT2D eigenvalue weighted by atomic mass is 32.2. The minimum Gasteiger partial charge on any atom is -0.372 e. The number of thioether (sulfide) groups is 1. The lowest BCUT2D eigenvalue weighted by atomic mass is 10.1. The normalized spacial score (nSPS) is 24.1. The zero-order chi connectivity index (χ0) is 23.2. The topological polar surface area (TPSA) is 67.2 Å². The predicted octanol–water partition coefficient (Wildman–Crippen LogP) is 3.62. The van der Waals surface area contributed by atoms with Crippen molar-refractivity contribution in [2.75, 3.05) is 18.0 Å². The van der Waals surface area contributed by atoms with E-state index in [0.29, 0.717) is 39.3 Å². The number of morpholine rings is 1. The molecule has 2 aliphatic rings. The van der Waals surface area contributed by atoms with Crippen LogP contribution in [0.5, 0.6) is 0 Å². The van der Waals surface area contributed by atoms with Crippen molar-refractivity contribution in [2.45, 2.75) is 59.3 Å². The zero-order valence-electron chi connectivity index (χ0n) is 19.0. The van der Waals surface area contributed by atoms with Crippen LogP contribution in [0.4, 0.5) is 5.82 Å². The van der Waals surface area contributed by atoms with Crippen molar-refractivity contribution < 1.29 is 9.53 Å². The van der Waals surface area contributed by atoms with E-state index in [1.807, 2.05) is 46.8 Å². The Morgan fingerprint density at radius 3 is 2.66 bits per heavy atom. The van der Waals surface area contributed by atoms with Crippen molar-refractivity contribution in [3.05, 3.63) is 44.7 Å². The number of thiocarbonyl (C=S) groups is 1. The molecule has 170 valence electrons. The minimum atomic E-state index is -0.200. The van der Waals surface area contributed by atoms with E-state index in [1.165, 1.54) is 11.8 Å². The highest BCUT2D eigenvalue weighted by molar-refractivity contribution is 8.26. The van der Waals surface area contributed by atoms with Gasteiger partial charge in [-0.2, -0.15) is 0 Å². The van der Waals surface area contributed by atoms with Gasteiger partial charge in [0.25, 0.3) is 11.5 Å². The molecular weight excluding hydrogens is 444 g/mol. The number of carbonyl (C=O) groups excluding carboxylic acids is 1. The molecule has 1 amide bonds. The number of anilines is 1. The van der Waals surface area contributed by atoms with Crippen LogP contribution in [0.1, 0.15) is 45.2 Å². The minimum absolute atomic E-state index is 0.00675. The molecule has 2 aromatic heterocycles. The summed E-state index contributed by atoms with van der Waals surface area (Å²) in [6, 6.07) is 3.77. The van der Waals surface area contributed by atoms with Gasteiger partial charge in [0.05, 0.1) is 22.7 Å². The van der Waals surface area contributed by atoms with Gasteiger partial charge in [0, 0.05) is 25.3 Å². The van der Waals surface area contributed by atoms with Crippen molar-refractivity contribution in [1.29, 1.82) is 0 Å². The maximum Gasteiger partial charge on any atom is 0.267 e. The maximum atomic E-state index is 13.6. The Morgan fingerprint density at radius 2 is 2.00 bits per heavy atom. The van der Waals surface area contributed by atoms with Gasteiger partial charge >= 0.3 is 0 Å². The van der Waals surface area contributed by atoms with Gasteiger partial charge in [-0.3, -0.25) is 18.9 Å². The van der Waals surface area contributed by atoms with Gasteiger partial charge < -0.3 is 9.64 Å². The van der Waals surface area contributed by atoms with Gasteiger partial charge in [-0.15, -0.1) is 0 Å². The lowest BCUT2D eigenvalue weighted by molar-refractivity contribution is -0.123. The lowest BCUT2D eigenvalue weighted by Crippen LogP contribution is -2.46. The fourth-order valence-electron chi connectivity index (χ4n) is 4.19. The molecule has 4 heterocycles. The summed E-state index contributed by atoms with van der Waals surface area (Å²) in [5.41, 5.74) is 1.73. The number of nitrogens with zero attached hydrogens (tertiary/aromatic N) is 4. The zero-order valence-corrected chi connectivity index (χ0v) is 20.6. The molecule has 9 heteroatoms. The molecule has 0 aliphatic carbocycles. The van der Waals surface area contributed by atoms with Crippen LogP contribution in [-0.2, 0) is 9.53 Å². The smallest absolute Gasteiger partial charge is 0.267 e. The van der Waals surface area contributed by atoms with E-state index < -0.39 is 0 Å². The number of fused-ring (bicyclic) bond motifs is 1. The SMILES string of the molecule is CC[C@@H](C)N1C(=O)/C(=C/c2c(N3C[C@@H](C)O[C@@H](C)C3)nc3c(C)cccn3c2=O)SC1=S. The molecule has 0 unspecified atom stereocenters. The largest absolute Gasteiger partial charge is 0.372 e. The Labute approximate surface area is 197 Å². The number of hydrogen-bond acceptors (Lipinski definition) is 7. The molecule has 7 nitrogen and oxygen atoms in total. The molecule has 0 saturated carbocycles. The van der Waals surface area contributed by atoms with Crippen molar-refractivity contribution >= 4 is 51.7 Å². The Kier molecular flexibility index (Phi) is 6.42. The molecule has 0 spiro atoms. The Hall–Kier alpha value is -2.23. The van der Waals surface area contributed by atoms with Gasteiger partial charge in [-0.25, -0.2) is 4.98 Å². The summed E-state index contributed by atoms with van der Waals surface area (Å²) in [5, 5.41) is 0. The molecule has 2 aliphatic heterocycles. The fraction of sp³-hybridized carbons (Fsp3) is 0.478. The summed E-state index contributed by atoms with van der Waals surface area (Å²) >= 11 is 6.71. The third-order valence-electron chi connectivity index (χ3n) is 5.91. The van der Waals surface area contributed by atoms with Gasteiger partial charge in [0.1, 0.15) is 15.8 Å². The number of aryl methyl sites for hydroxylation is 1. The van der Waals surface area contributed by atoms with Crippen LogP contribution in [0.25, 0.3) is 11.7 Å². The Balaban J connectivity index is 1.89.